The minimum atomic E-state index is -0.694. The number of nitrogens with zero attached hydrogens (tertiary/aromatic N) is 3. The first-order valence-electron chi connectivity index (χ1n) is 11.0. The number of amides is 3. The molecule has 1 saturated carbocycles. The van der Waals surface area contributed by atoms with Gasteiger partial charge >= 0.3 is 6.03 Å². The van der Waals surface area contributed by atoms with Gasteiger partial charge in [-0.15, -0.1) is 0 Å². The summed E-state index contributed by atoms with van der Waals surface area (Å²) in [5, 5.41) is 3.47. The number of urea groups is 1. The van der Waals surface area contributed by atoms with Gasteiger partial charge in [-0.05, 0) is 25.0 Å². The highest BCUT2D eigenvalue weighted by atomic mass is 35.5. The molecule has 164 valence electrons. The fraction of sp³-hybridized carbons (Fsp3) is 0.636. The van der Waals surface area contributed by atoms with Crippen molar-refractivity contribution >= 4 is 23.5 Å². The number of halogens is 2. The number of imide groups is 1. The molecule has 2 saturated heterocycles. The van der Waals surface area contributed by atoms with Crippen LogP contribution < -0.4 is 5.32 Å². The van der Waals surface area contributed by atoms with E-state index >= 15 is 0 Å². The lowest BCUT2D eigenvalue weighted by Gasteiger charge is -2.36. The van der Waals surface area contributed by atoms with Crippen molar-refractivity contribution in [2.24, 2.45) is 0 Å². The lowest BCUT2D eigenvalue weighted by molar-refractivity contribution is -0.133. The van der Waals surface area contributed by atoms with E-state index in [1.54, 1.807) is 12.1 Å². The number of nitrogens with one attached hydrogen (secondary N) is 1. The summed E-state index contributed by atoms with van der Waals surface area (Å²) in [4.78, 5) is 31.4. The Morgan fingerprint density at radius 2 is 1.60 bits per heavy atom. The maximum Gasteiger partial charge on any atom is 0.326 e. The van der Waals surface area contributed by atoms with Crippen LogP contribution in [0.5, 0.6) is 0 Å². The minimum absolute atomic E-state index is 0.0602. The predicted octanol–water partition coefficient (Wildman–Crippen LogP) is 3.59. The van der Waals surface area contributed by atoms with Crippen molar-refractivity contribution < 1.29 is 14.0 Å². The maximum atomic E-state index is 14.1. The van der Waals surface area contributed by atoms with Crippen LogP contribution in [0.3, 0.4) is 0 Å². The third-order valence-corrected chi connectivity index (χ3v) is 7.06. The molecule has 0 bridgehead atoms. The Labute approximate surface area is 182 Å². The first kappa shape index (κ1) is 21.5. The molecule has 0 unspecified atom stereocenters. The fourth-order valence-corrected chi connectivity index (χ4v) is 5.07. The largest absolute Gasteiger partial charge is 0.326 e. The van der Waals surface area contributed by atoms with E-state index in [2.05, 4.69) is 15.1 Å². The summed E-state index contributed by atoms with van der Waals surface area (Å²) in [6.07, 6.45) is 6.91. The predicted molar refractivity (Wildman–Crippen MR) is 114 cm³/mol. The van der Waals surface area contributed by atoms with Gasteiger partial charge in [0.1, 0.15) is 11.4 Å². The van der Waals surface area contributed by atoms with Crippen molar-refractivity contribution in [3.05, 3.63) is 34.6 Å². The highest BCUT2D eigenvalue weighted by Crippen LogP contribution is 2.32. The molecule has 1 N–H and O–H groups in total. The molecular weight excluding hydrogens is 407 g/mol. The van der Waals surface area contributed by atoms with Crippen LogP contribution in [0.4, 0.5) is 9.18 Å². The van der Waals surface area contributed by atoms with Gasteiger partial charge in [0.05, 0.1) is 6.67 Å². The van der Waals surface area contributed by atoms with Crippen molar-refractivity contribution in [2.75, 3.05) is 32.8 Å². The van der Waals surface area contributed by atoms with Crippen molar-refractivity contribution in [3.63, 3.8) is 0 Å². The van der Waals surface area contributed by atoms with Gasteiger partial charge in [0.25, 0.3) is 5.91 Å². The summed E-state index contributed by atoms with van der Waals surface area (Å²) in [6, 6.07) is 4.49. The van der Waals surface area contributed by atoms with E-state index in [9.17, 15) is 14.0 Å². The Morgan fingerprint density at radius 1 is 0.967 bits per heavy atom. The van der Waals surface area contributed by atoms with Crippen LogP contribution in [0.25, 0.3) is 0 Å². The van der Waals surface area contributed by atoms with E-state index < -0.39 is 5.54 Å². The highest BCUT2D eigenvalue weighted by Gasteiger charge is 2.50. The number of carbonyl (C=O) groups excluding carboxylic acids is 2. The van der Waals surface area contributed by atoms with Crippen molar-refractivity contribution in [1.82, 2.24) is 20.0 Å². The van der Waals surface area contributed by atoms with Crippen LogP contribution in [0.15, 0.2) is 18.2 Å². The third kappa shape index (κ3) is 4.48. The smallest absolute Gasteiger partial charge is 0.323 e. The summed E-state index contributed by atoms with van der Waals surface area (Å²) < 4.78 is 14.1. The number of piperazine rings is 1. The standard InChI is InChI=1S/C22H30ClFN4O2/c23-18-7-6-8-19(24)17(18)15-26-11-13-27(14-12-26)16-28-20(29)22(25-21(28)30)9-4-2-1-3-5-10-22/h6-8H,1-5,9-16H2,(H,25,30). The Kier molecular flexibility index (Phi) is 6.60. The van der Waals surface area contributed by atoms with Gasteiger partial charge in [-0.2, -0.15) is 0 Å². The molecule has 3 aliphatic rings. The normalized spacial score (nSPS) is 23.5. The van der Waals surface area contributed by atoms with Gasteiger partial charge in [0.15, 0.2) is 0 Å². The summed E-state index contributed by atoms with van der Waals surface area (Å²) >= 11 is 6.15. The highest BCUT2D eigenvalue weighted by molar-refractivity contribution is 6.31. The second-order valence-electron chi connectivity index (χ2n) is 8.75. The second-order valence-corrected chi connectivity index (χ2v) is 9.16. The first-order valence-corrected chi connectivity index (χ1v) is 11.4. The van der Waals surface area contributed by atoms with Crippen molar-refractivity contribution in [2.45, 2.75) is 57.0 Å². The van der Waals surface area contributed by atoms with Crippen LogP contribution >= 0.6 is 11.6 Å². The van der Waals surface area contributed by atoms with Crippen molar-refractivity contribution in [1.29, 1.82) is 0 Å². The zero-order chi connectivity index (χ0) is 21.1. The topological polar surface area (TPSA) is 55.9 Å². The van der Waals surface area contributed by atoms with Gasteiger partial charge in [-0.1, -0.05) is 49.8 Å². The molecule has 4 rings (SSSR count). The minimum Gasteiger partial charge on any atom is -0.323 e. The molecule has 2 aliphatic heterocycles. The first-order chi connectivity index (χ1) is 14.5. The van der Waals surface area contributed by atoms with Gasteiger partial charge in [0.2, 0.25) is 0 Å². The fourth-order valence-electron chi connectivity index (χ4n) is 4.85. The van der Waals surface area contributed by atoms with Crippen molar-refractivity contribution in [3.8, 4) is 0 Å². The van der Waals surface area contributed by atoms with E-state index in [-0.39, 0.29) is 17.8 Å². The molecule has 1 aliphatic carbocycles. The number of hydrogen-bond donors (Lipinski definition) is 1. The summed E-state index contributed by atoms with van der Waals surface area (Å²) in [6.45, 7) is 3.69. The van der Waals surface area contributed by atoms with Gasteiger partial charge in [-0.25, -0.2) is 14.1 Å². The third-order valence-electron chi connectivity index (χ3n) is 6.70. The van der Waals surface area contributed by atoms with Crippen LogP contribution in [0.2, 0.25) is 5.02 Å². The molecular formula is C22H30ClFN4O2. The van der Waals surface area contributed by atoms with Gasteiger partial charge in [-0.3, -0.25) is 14.6 Å². The molecule has 1 spiro atoms. The average molecular weight is 437 g/mol. The molecule has 2 heterocycles. The maximum absolute atomic E-state index is 14.1. The number of hydrogen-bond acceptors (Lipinski definition) is 4. The molecule has 3 amide bonds. The SMILES string of the molecule is O=C1NC2(CCCCCCC2)C(=O)N1CN1CCN(Cc2c(F)cccc2Cl)CC1. The number of carbonyl (C=O) groups is 2. The van der Waals surface area contributed by atoms with Gasteiger partial charge in [0, 0.05) is 43.3 Å². The Bertz CT molecular complexity index is 769. The van der Waals surface area contributed by atoms with Crippen LogP contribution in [-0.2, 0) is 11.3 Å². The summed E-state index contributed by atoms with van der Waals surface area (Å²) in [7, 11) is 0. The Morgan fingerprint density at radius 3 is 2.27 bits per heavy atom. The molecule has 1 aromatic rings. The number of benzene rings is 1. The van der Waals surface area contributed by atoms with E-state index in [1.807, 2.05) is 0 Å². The average Bonchev–Trinajstić information content (AvgIpc) is 2.94. The molecule has 3 fully saturated rings. The zero-order valence-electron chi connectivity index (χ0n) is 17.3. The van der Waals surface area contributed by atoms with E-state index in [1.165, 1.54) is 17.4 Å². The quantitative estimate of drug-likeness (QED) is 0.733. The summed E-state index contributed by atoms with van der Waals surface area (Å²) in [5.74, 6) is -0.344. The second kappa shape index (κ2) is 9.20. The Balaban J connectivity index is 1.32. The molecule has 0 radical (unpaired) electrons. The zero-order valence-corrected chi connectivity index (χ0v) is 18.1. The summed E-state index contributed by atoms with van der Waals surface area (Å²) in [5.41, 5.74) is -0.172. The molecule has 0 atom stereocenters. The van der Waals surface area contributed by atoms with E-state index in [0.29, 0.717) is 23.8 Å². The molecule has 0 aromatic heterocycles. The Hall–Kier alpha value is -1.70. The molecule has 30 heavy (non-hydrogen) atoms. The lowest BCUT2D eigenvalue weighted by Crippen LogP contribution is -2.52. The monoisotopic (exact) mass is 436 g/mol. The lowest BCUT2D eigenvalue weighted by atomic mass is 9.84. The van der Waals surface area contributed by atoms with Crippen LogP contribution in [0, 0.1) is 5.82 Å². The van der Waals surface area contributed by atoms with Gasteiger partial charge < -0.3 is 5.32 Å². The van der Waals surface area contributed by atoms with Crippen LogP contribution in [0.1, 0.15) is 50.5 Å². The molecule has 8 heteroatoms. The molecule has 1 aromatic carbocycles. The number of rotatable bonds is 4. The molecule has 6 nitrogen and oxygen atoms in total. The van der Waals surface area contributed by atoms with E-state index in [0.717, 1.165) is 64.7 Å². The van der Waals surface area contributed by atoms with Crippen LogP contribution in [-0.4, -0.2) is 65.0 Å². The van der Waals surface area contributed by atoms with E-state index in [4.69, 9.17) is 11.6 Å².